The Balaban J connectivity index is 4.43. The second-order valence-electron chi connectivity index (χ2n) is 1.49. The monoisotopic (exact) mass is 147 g/mol. The minimum atomic E-state index is -2.11. The first kappa shape index (κ1) is 8.34. The fourth-order valence-corrected chi connectivity index (χ4v) is 0.348. The van der Waals surface area contributed by atoms with E-state index in [-0.39, 0.29) is 0 Å². The van der Waals surface area contributed by atoms with Crippen molar-refractivity contribution in [2.45, 2.75) is 6.04 Å². The second kappa shape index (κ2) is 2.76. The summed E-state index contributed by atoms with van der Waals surface area (Å²) in [6.07, 6.45) is 0. The third-order valence-electron chi connectivity index (χ3n) is 0.750. The van der Waals surface area contributed by atoms with Crippen LogP contribution in [0.5, 0.6) is 0 Å². The standard InChI is InChI=1S/C3H5N3O4/c4-2(7)1(3(5)8)6(9)10/h1H,(H2,4,7)(H2,5,8). The Morgan fingerprint density at radius 3 is 1.60 bits per heavy atom. The second-order valence-corrected chi connectivity index (χ2v) is 1.49. The number of amides is 2. The average Bonchev–Trinajstić information content (AvgIpc) is 1.59. The highest BCUT2D eigenvalue weighted by Gasteiger charge is 2.33. The largest absolute Gasteiger partial charge is 0.365 e. The zero-order valence-electron chi connectivity index (χ0n) is 4.81. The molecule has 7 heteroatoms. The molecule has 0 atom stereocenters. The summed E-state index contributed by atoms with van der Waals surface area (Å²) in [5.41, 5.74) is 8.91. The third kappa shape index (κ3) is 1.69. The van der Waals surface area contributed by atoms with Crippen molar-refractivity contribution in [3.8, 4) is 0 Å². The van der Waals surface area contributed by atoms with Gasteiger partial charge >= 0.3 is 17.9 Å². The number of nitro groups is 1. The van der Waals surface area contributed by atoms with Crippen LogP contribution >= 0.6 is 0 Å². The third-order valence-corrected chi connectivity index (χ3v) is 0.750. The maximum Gasteiger partial charge on any atom is 0.365 e. The van der Waals surface area contributed by atoms with Crippen molar-refractivity contribution in [1.29, 1.82) is 0 Å². The molecule has 0 aliphatic carbocycles. The molecule has 0 radical (unpaired) electrons. The Morgan fingerprint density at radius 1 is 1.30 bits per heavy atom. The van der Waals surface area contributed by atoms with E-state index >= 15 is 0 Å². The average molecular weight is 147 g/mol. The number of carbonyl (C=O) groups excluding carboxylic acids is 2. The molecule has 0 aromatic heterocycles. The van der Waals surface area contributed by atoms with Crippen LogP contribution in [0.3, 0.4) is 0 Å². The number of hydrogen-bond acceptors (Lipinski definition) is 4. The van der Waals surface area contributed by atoms with Gasteiger partial charge in [-0.15, -0.1) is 0 Å². The summed E-state index contributed by atoms with van der Waals surface area (Å²) < 4.78 is 0. The van der Waals surface area contributed by atoms with E-state index in [1.165, 1.54) is 0 Å². The van der Waals surface area contributed by atoms with Gasteiger partial charge in [0.05, 0.1) is 0 Å². The Hall–Kier alpha value is -1.66. The van der Waals surface area contributed by atoms with Crippen molar-refractivity contribution in [2.75, 3.05) is 0 Å². The molecule has 0 bridgehead atoms. The number of nitrogens with two attached hydrogens (primary N) is 2. The van der Waals surface area contributed by atoms with Crippen LogP contribution in [0.1, 0.15) is 0 Å². The van der Waals surface area contributed by atoms with Crippen LogP contribution in [0.15, 0.2) is 0 Å². The highest BCUT2D eigenvalue weighted by Crippen LogP contribution is 1.85. The molecule has 0 spiro atoms. The molecule has 0 aromatic carbocycles. The molecule has 0 aromatic rings. The Bertz CT molecular complexity index is 155. The van der Waals surface area contributed by atoms with E-state index in [0.29, 0.717) is 0 Å². The van der Waals surface area contributed by atoms with Gasteiger partial charge in [0.15, 0.2) is 0 Å². The minimum Gasteiger partial charge on any atom is -0.363 e. The lowest BCUT2D eigenvalue weighted by molar-refractivity contribution is -0.493. The van der Waals surface area contributed by atoms with Gasteiger partial charge in [-0.3, -0.25) is 19.7 Å². The Labute approximate surface area is 55.1 Å². The first-order valence-electron chi connectivity index (χ1n) is 2.19. The summed E-state index contributed by atoms with van der Waals surface area (Å²) in [4.78, 5) is 28.8. The smallest absolute Gasteiger partial charge is 0.363 e. The Morgan fingerprint density at radius 2 is 1.60 bits per heavy atom. The van der Waals surface area contributed by atoms with E-state index in [1.54, 1.807) is 0 Å². The summed E-state index contributed by atoms with van der Waals surface area (Å²) in [6.45, 7) is 0. The van der Waals surface area contributed by atoms with Gasteiger partial charge in [0.25, 0.3) is 0 Å². The van der Waals surface area contributed by atoms with Crippen LogP contribution in [0.25, 0.3) is 0 Å². The summed E-state index contributed by atoms with van der Waals surface area (Å²) in [5, 5.41) is 9.79. The lowest BCUT2D eigenvalue weighted by atomic mass is 10.3. The zero-order chi connectivity index (χ0) is 8.31. The van der Waals surface area contributed by atoms with Crippen molar-refractivity contribution >= 4 is 11.8 Å². The number of primary amides is 2. The SMILES string of the molecule is NC(=O)C(C(N)=O)[N+](=O)[O-]. The van der Waals surface area contributed by atoms with Crippen molar-refractivity contribution < 1.29 is 14.5 Å². The minimum absolute atomic E-state index is 1.13. The highest BCUT2D eigenvalue weighted by atomic mass is 16.6. The maximum absolute atomic E-state index is 10.1. The predicted octanol–water partition coefficient (Wildman–Crippen LogP) is -2.40. The normalized spacial score (nSPS) is 9.30. The van der Waals surface area contributed by atoms with Crippen molar-refractivity contribution in [3.05, 3.63) is 10.1 Å². The molecule has 7 nitrogen and oxygen atoms in total. The van der Waals surface area contributed by atoms with Gasteiger partial charge in [-0.1, -0.05) is 0 Å². The van der Waals surface area contributed by atoms with E-state index in [4.69, 9.17) is 0 Å². The van der Waals surface area contributed by atoms with Crippen LogP contribution in [-0.4, -0.2) is 22.8 Å². The molecule has 0 unspecified atom stereocenters. The highest BCUT2D eigenvalue weighted by molar-refractivity contribution is 6.01. The van der Waals surface area contributed by atoms with Gasteiger partial charge in [0.2, 0.25) is 0 Å². The lowest BCUT2D eigenvalue weighted by Gasteiger charge is -1.97. The Kier molecular flexibility index (Phi) is 2.30. The number of hydrogen-bond donors (Lipinski definition) is 2. The topological polar surface area (TPSA) is 129 Å². The molecule has 0 heterocycles. The molecule has 2 amide bonds. The van der Waals surface area contributed by atoms with Gasteiger partial charge < -0.3 is 11.5 Å². The molecule has 0 saturated carbocycles. The molecule has 0 aliphatic heterocycles. The molecule has 56 valence electrons. The predicted molar refractivity (Wildman–Crippen MR) is 29.2 cm³/mol. The van der Waals surface area contributed by atoms with Gasteiger partial charge in [0.1, 0.15) is 0 Å². The van der Waals surface area contributed by atoms with Crippen molar-refractivity contribution in [1.82, 2.24) is 0 Å². The number of nitrogens with zero attached hydrogens (tertiary/aromatic N) is 1. The molecule has 10 heavy (non-hydrogen) atoms. The lowest BCUT2D eigenvalue weighted by Crippen LogP contribution is -2.45. The zero-order valence-corrected chi connectivity index (χ0v) is 4.81. The molecule has 0 rings (SSSR count). The van der Waals surface area contributed by atoms with E-state index in [0.717, 1.165) is 0 Å². The number of carbonyl (C=O) groups is 2. The van der Waals surface area contributed by atoms with Crippen LogP contribution in [0.4, 0.5) is 0 Å². The van der Waals surface area contributed by atoms with Gasteiger partial charge in [-0.05, 0) is 0 Å². The number of rotatable bonds is 3. The molecule has 0 aliphatic rings. The molecule has 4 N–H and O–H groups in total. The van der Waals surface area contributed by atoms with Gasteiger partial charge in [-0.25, -0.2) is 0 Å². The van der Waals surface area contributed by atoms with E-state index in [2.05, 4.69) is 11.5 Å². The van der Waals surface area contributed by atoms with E-state index < -0.39 is 22.8 Å². The van der Waals surface area contributed by atoms with E-state index in [1.807, 2.05) is 0 Å². The summed E-state index contributed by atoms with van der Waals surface area (Å²) >= 11 is 0. The first-order chi connectivity index (χ1) is 4.46. The maximum atomic E-state index is 10.1. The fourth-order valence-electron chi connectivity index (χ4n) is 0.348. The van der Waals surface area contributed by atoms with Crippen LogP contribution in [-0.2, 0) is 9.59 Å². The summed E-state index contributed by atoms with van der Waals surface area (Å²) in [5.74, 6) is -2.70. The molecule has 0 fully saturated rings. The first-order valence-corrected chi connectivity index (χ1v) is 2.19. The van der Waals surface area contributed by atoms with Crippen molar-refractivity contribution in [3.63, 3.8) is 0 Å². The quantitative estimate of drug-likeness (QED) is 0.262. The molecular formula is C3H5N3O4. The fraction of sp³-hybridized carbons (Fsp3) is 0.333. The van der Waals surface area contributed by atoms with Crippen molar-refractivity contribution in [2.24, 2.45) is 11.5 Å². The summed E-state index contributed by atoms with van der Waals surface area (Å²) in [6, 6.07) is -2.11. The van der Waals surface area contributed by atoms with Crippen LogP contribution in [0, 0.1) is 10.1 Å². The van der Waals surface area contributed by atoms with Crippen LogP contribution in [0.2, 0.25) is 0 Å². The van der Waals surface area contributed by atoms with Crippen LogP contribution < -0.4 is 11.5 Å². The van der Waals surface area contributed by atoms with E-state index in [9.17, 15) is 19.7 Å². The van der Waals surface area contributed by atoms with Gasteiger partial charge in [-0.2, -0.15) is 0 Å². The molecule has 0 saturated heterocycles. The van der Waals surface area contributed by atoms with Gasteiger partial charge in [0, 0.05) is 4.92 Å². The molecular weight excluding hydrogens is 142 g/mol. The summed E-state index contributed by atoms with van der Waals surface area (Å²) in [7, 11) is 0.